The van der Waals surface area contributed by atoms with Crippen LogP contribution in [0.5, 0.6) is 5.75 Å². The second-order valence-corrected chi connectivity index (χ2v) is 5.23. The standard InChI is InChI=1S/C15H22N2O/c1-2-6-13(5-1)18-15-8-4-3-7-14(15)17-11-9-16-10-12-17/h3-4,7-8,13,16H,1-2,5-6,9-12H2. The number of para-hydroxylation sites is 2. The van der Waals surface area contributed by atoms with Crippen molar-refractivity contribution in [2.75, 3.05) is 31.1 Å². The van der Waals surface area contributed by atoms with Crippen molar-refractivity contribution in [3.63, 3.8) is 0 Å². The van der Waals surface area contributed by atoms with Gasteiger partial charge >= 0.3 is 0 Å². The van der Waals surface area contributed by atoms with Crippen LogP contribution in [0.15, 0.2) is 24.3 Å². The van der Waals surface area contributed by atoms with Gasteiger partial charge in [-0.2, -0.15) is 0 Å². The van der Waals surface area contributed by atoms with Gasteiger partial charge in [0.1, 0.15) is 5.75 Å². The van der Waals surface area contributed by atoms with E-state index in [0.717, 1.165) is 31.9 Å². The predicted molar refractivity (Wildman–Crippen MR) is 74.4 cm³/mol. The third-order valence-electron chi connectivity index (χ3n) is 3.92. The van der Waals surface area contributed by atoms with Crippen LogP contribution in [0.2, 0.25) is 0 Å². The van der Waals surface area contributed by atoms with Gasteiger partial charge in [-0.1, -0.05) is 12.1 Å². The normalized spacial score (nSPS) is 21.2. The molecule has 2 fully saturated rings. The van der Waals surface area contributed by atoms with Gasteiger partial charge in [-0.15, -0.1) is 0 Å². The minimum Gasteiger partial charge on any atom is -0.488 e. The molecule has 0 unspecified atom stereocenters. The van der Waals surface area contributed by atoms with E-state index in [1.807, 2.05) is 0 Å². The van der Waals surface area contributed by atoms with Gasteiger partial charge in [0.2, 0.25) is 0 Å². The zero-order valence-electron chi connectivity index (χ0n) is 10.9. The molecule has 0 spiro atoms. The van der Waals surface area contributed by atoms with E-state index in [2.05, 4.69) is 34.5 Å². The van der Waals surface area contributed by atoms with Gasteiger partial charge in [-0.3, -0.25) is 0 Å². The fourth-order valence-electron chi connectivity index (χ4n) is 2.91. The number of anilines is 1. The molecule has 1 heterocycles. The molecule has 3 nitrogen and oxygen atoms in total. The lowest BCUT2D eigenvalue weighted by atomic mass is 10.2. The zero-order valence-corrected chi connectivity index (χ0v) is 10.9. The first-order valence-corrected chi connectivity index (χ1v) is 7.15. The summed E-state index contributed by atoms with van der Waals surface area (Å²) in [6.45, 7) is 4.28. The molecule has 1 aliphatic carbocycles. The lowest BCUT2D eigenvalue weighted by Gasteiger charge is -2.31. The molecule has 0 aromatic heterocycles. The van der Waals surface area contributed by atoms with E-state index in [1.165, 1.54) is 31.4 Å². The molecule has 1 aliphatic heterocycles. The van der Waals surface area contributed by atoms with Crippen LogP contribution in [-0.4, -0.2) is 32.3 Å². The van der Waals surface area contributed by atoms with Crippen LogP contribution < -0.4 is 15.0 Å². The fraction of sp³-hybridized carbons (Fsp3) is 0.600. The average Bonchev–Trinajstić information content (AvgIpc) is 2.93. The summed E-state index contributed by atoms with van der Waals surface area (Å²) in [6.07, 6.45) is 5.52. The van der Waals surface area contributed by atoms with Crippen molar-refractivity contribution < 1.29 is 4.74 Å². The highest BCUT2D eigenvalue weighted by molar-refractivity contribution is 5.58. The fourth-order valence-corrected chi connectivity index (χ4v) is 2.91. The molecule has 0 radical (unpaired) electrons. The molecular formula is C15H22N2O. The van der Waals surface area contributed by atoms with Gasteiger partial charge < -0.3 is 15.0 Å². The molecule has 98 valence electrons. The molecule has 2 aliphatic rings. The Hall–Kier alpha value is -1.22. The number of hydrogen-bond acceptors (Lipinski definition) is 3. The Morgan fingerprint density at radius 2 is 1.78 bits per heavy atom. The van der Waals surface area contributed by atoms with E-state index >= 15 is 0 Å². The second-order valence-electron chi connectivity index (χ2n) is 5.23. The molecule has 1 aromatic carbocycles. The SMILES string of the molecule is c1ccc(N2CCNCC2)c(OC2CCCC2)c1. The quantitative estimate of drug-likeness (QED) is 0.886. The molecule has 0 bridgehead atoms. The minimum atomic E-state index is 0.439. The lowest BCUT2D eigenvalue weighted by Crippen LogP contribution is -2.43. The van der Waals surface area contributed by atoms with Gasteiger partial charge in [0.15, 0.2) is 0 Å². The van der Waals surface area contributed by atoms with Gasteiger partial charge in [0.25, 0.3) is 0 Å². The van der Waals surface area contributed by atoms with E-state index < -0.39 is 0 Å². The van der Waals surface area contributed by atoms with Gasteiger partial charge in [0, 0.05) is 26.2 Å². The van der Waals surface area contributed by atoms with Gasteiger partial charge in [-0.05, 0) is 37.8 Å². The summed E-state index contributed by atoms with van der Waals surface area (Å²) in [5, 5.41) is 3.39. The van der Waals surface area contributed by atoms with Crippen molar-refractivity contribution in [2.45, 2.75) is 31.8 Å². The summed E-state index contributed by atoms with van der Waals surface area (Å²) in [5.41, 5.74) is 1.27. The highest BCUT2D eigenvalue weighted by Crippen LogP contribution is 2.32. The molecule has 0 amide bonds. The number of piperazine rings is 1. The number of rotatable bonds is 3. The minimum absolute atomic E-state index is 0.439. The maximum atomic E-state index is 6.20. The first-order chi connectivity index (χ1) is 8.93. The number of hydrogen-bond donors (Lipinski definition) is 1. The van der Waals surface area contributed by atoms with Crippen LogP contribution in [0.3, 0.4) is 0 Å². The van der Waals surface area contributed by atoms with E-state index in [9.17, 15) is 0 Å². The van der Waals surface area contributed by atoms with Crippen molar-refractivity contribution >= 4 is 5.69 Å². The summed E-state index contributed by atoms with van der Waals surface area (Å²) >= 11 is 0. The summed E-state index contributed by atoms with van der Waals surface area (Å²) in [6, 6.07) is 8.50. The Morgan fingerprint density at radius 1 is 1.06 bits per heavy atom. The van der Waals surface area contributed by atoms with Crippen LogP contribution in [-0.2, 0) is 0 Å². The zero-order chi connectivity index (χ0) is 12.2. The first-order valence-electron chi connectivity index (χ1n) is 7.15. The van der Waals surface area contributed by atoms with Crippen molar-refractivity contribution in [2.24, 2.45) is 0 Å². The van der Waals surface area contributed by atoms with Crippen LogP contribution in [0, 0.1) is 0 Å². The van der Waals surface area contributed by atoms with E-state index in [1.54, 1.807) is 0 Å². The maximum Gasteiger partial charge on any atom is 0.143 e. The molecule has 1 saturated carbocycles. The molecule has 18 heavy (non-hydrogen) atoms. The highest BCUT2D eigenvalue weighted by atomic mass is 16.5. The highest BCUT2D eigenvalue weighted by Gasteiger charge is 2.20. The topological polar surface area (TPSA) is 24.5 Å². The molecule has 1 aromatic rings. The number of nitrogens with one attached hydrogen (secondary N) is 1. The second kappa shape index (κ2) is 5.61. The van der Waals surface area contributed by atoms with Gasteiger partial charge in [-0.25, -0.2) is 0 Å². The average molecular weight is 246 g/mol. The maximum absolute atomic E-state index is 6.20. The Balaban J connectivity index is 1.75. The summed E-state index contributed by atoms with van der Waals surface area (Å²) in [4.78, 5) is 2.43. The van der Waals surface area contributed by atoms with Crippen LogP contribution >= 0.6 is 0 Å². The Bertz CT molecular complexity index is 382. The van der Waals surface area contributed by atoms with E-state index in [4.69, 9.17) is 4.74 Å². The van der Waals surface area contributed by atoms with Crippen LogP contribution in [0.25, 0.3) is 0 Å². The predicted octanol–water partition coefficient (Wildman–Crippen LogP) is 2.42. The van der Waals surface area contributed by atoms with Gasteiger partial charge in [0.05, 0.1) is 11.8 Å². The Labute approximate surface area is 109 Å². The van der Waals surface area contributed by atoms with Crippen molar-refractivity contribution in [3.05, 3.63) is 24.3 Å². The summed E-state index contributed by atoms with van der Waals surface area (Å²) in [5.74, 6) is 1.08. The van der Waals surface area contributed by atoms with E-state index in [-0.39, 0.29) is 0 Å². The molecule has 0 atom stereocenters. The number of nitrogens with zero attached hydrogens (tertiary/aromatic N) is 1. The molecule has 1 saturated heterocycles. The van der Waals surface area contributed by atoms with Crippen molar-refractivity contribution in [1.29, 1.82) is 0 Å². The molecule has 1 N–H and O–H groups in total. The van der Waals surface area contributed by atoms with Crippen molar-refractivity contribution in [1.82, 2.24) is 5.32 Å². The molecule has 3 heteroatoms. The van der Waals surface area contributed by atoms with Crippen LogP contribution in [0.4, 0.5) is 5.69 Å². The first kappa shape index (κ1) is 11.8. The number of benzene rings is 1. The molecule has 3 rings (SSSR count). The number of ether oxygens (including phenoxy) is 1. The van der Waals surface area contributed by atoms with Crippen LogP contribution in [0.1, 0.15) is 25.7 Å². The Kier molecular flexibility index (Phi) is 3.69. The summed E-state index contributed by atoms with van der Waals surface area (Å²) < 4.78 is 6.20. The van der Waals surface area contributed by atoms with E-state index in [0.29, 0.717) is 6.10 Å². The monoisotopic (exact) mass is 246 g/mol. The summed E-state index contributed by atoms with van der Waals surface area (Å²) in [7, 11) is 0. The third-order valence-corrected chi connectivity index (χ3v) is 3.92. The Morgan fingerprint density at radius 3 is 2.56 bits per heavy atom. The van der Waals surface area contributed by atoms with Crippen molar-refractivity contribution in [3.8, 4) is 5.75 Å². The third kappa shape index (κ3) is 2.61. The largest absolute Gasteiger partial charge is 0.488 e. The lowest BCUT2D eigenvalue weighted by molar-refractivity contribution is 0.210. The smallest absolute Gasteiger partial charge is 0.143 e. The molecular weight excluding hydrogens is 224 g/mol.